The van der Waals surface area contributed by atoms with Gasteiger partial charge in [-0.15, -0.1) is 0 Å². The van der Waals surface area contributed by atoms with Crippen molar-refractivity contribution in [3.8, 4) is 0 Å². The third kappa shape index (κ3) is 1.76. The largest absolute Gasteiger partial charge is 0.437 e. The van der Waals surface area contributed by atoms with E-state index < -0.39 is 23.9 Å². The van der Waals surface area contributed by atoms with E-state index in [1.165, 1.54) is 6.92 Å². The molecular weight excluding hydrogens is 231 g/mol. The lowest BCUT2D eigenvalue weighted by molar-refractivity contribution is -0.387. The van der Waals surface area contributed by atoms with Crippen LogP contribution >= 0.6 is 0 Å². The molecule has 0 aromatic rings. The zero-order valence-corrected chi connectivity index (χ0v) is 6.11. The minimum absolute atomic E-state index is 1.23. The number of alkyl halides is 9. The zero-order valence-electron chi connectivity index (χ0n) is 6.11. The molecule has 0 heterocycles. The van der Waals surface area contributed by atoms with Crippen LogP contribution in [0.2, 0.25) is 0 Å². The maximum absolute atomic E-state index is 12.2. The van der Waals surface area contributed by atoms with Crippen molar-refractivity contribution in [3.63, 3.8) is 0 Å². The Morgan fingerprint density at radius 2 is 0.786 bits per heavy atom. The molecule has 0 saturated carbocycles. The van der Waals surface area contributed by atoms with Crippen molar-refractivity contribution in [3.05, 3.63) is 6.92 Å². The Morgan fingerprint density at radius 1 is 0.571 bits per heavy atom. The van der Waals surface area contributed by atoms with Crippen LogP contribution in [0.25, 0.3) is 0 Å². The summed E-state index contributed by atoms with van der Waals surface area (Å²) in [5.41, 5.74) is -6.63. The van der Waals surface area contributed by atoms with Crippen molar-refractivity contribution < 1.29 is 39.5 Å². The molecule has 0 rings (SSSR count). The van der Waals surface area contributed by atoms with Gasteiger partial charge in [0, 0.05) is 6.92 Å². The molecule has 14 heavy (non-hydrogen) atoms. The number of hydrogen-bond donors (Lipinski definition) is 0. The van der Waals surface area contributed by atoms with E-state index in [1.807, 2.05) is 0 Å². The number of hydrogen-bond acceptors (Lipinski definition) is 0. The number of rotatable bonds is 1. The van der Waals surface area contributed by atoms with Gasteiger partial charge in [0.05, 0.1) is 0 Å². The van der Waals surface area contributed by atoms with Gasteiger partial charge in [0.2, 0.25) is 0 Å². The van der Waals surface area contributed by atoms with Crippen LogP contribution in [0.15, 0.2) is 0 Å². The van der Waals surface area contributed by atoms with Crippen molar-refractivity contribution in [1.29, 1.82) is 0 Å². The highest BCUT2D eigenvalue weighted by molar-refractivity contribution is 5.06. The van der Waals surface area contributed by atoms with Crippen LogP contribution in [0.3, 0.4) is 0 Å². The summed E-state index contributed by atoms with van der Waals surface area (Å²) in [6.07, 6.45) is -13.6. The minimum atomic E-state index is -6.78. The summed E-state index contributed by atoms with van der Waals surface area (Å²) in [6, 6.07) is 0. The average molecular weight is 233 g/mol. The van der Waals surface area contributed by atoms with E-state index in [2.05, 4.69) is 0 Å². The van der Waals surface area contributed by atoms with Crippen LogP contribution in [0.1, 0.15) is 0 Å². The Kier molecular flexibility index (Phi) is 2.80. The van der Waals surface area contributed by atoms with Crippen LogP contribution in [0.5, 0.6) is 0 Å². The molecule has 0 unspecified atom stereocenters. The van der Waals surface area contributed by atoms with Gasteiger partial charge in [0.1, 0.15) is 0 Å². The highest BCUT2D eigenvalue weighted by Crippen LogP contribution is 2.54. The van der Waals surface area contributed by atoms with Gasteiger partial charge in [-0.05, 0) is 0 Å². The summed E-state index contributed by atoms with van der Waals surface area (Å²) in [4.78, 5) is 0. The molecule has 9 heteroatoms. The molecule has 0 aromatic carbocycles. The molecule has 0 saturated heterocycles. The average Bonchev–Trinajstić information content (AvgIpc) is 1.77. The third-order valence-electron chi connectivity index (χ3n) is 1.29. The van der Waals surface area contributed by atoms with Crippen LogP contribution < -0.4 is 0 Å². The van der Waals surface area contributed by atoms with Crippen LogP contribution in [0.4, 0.5) is 39.5 Å². The molecule has 1 radical (unpaired) electrons. The lowest BCUT2D eigenvalue weighted by Gasteiger charge is -2.33. The fourth-order valence-electron chi connectivity index (χ4n) is 0.575. The van der Waals surface area contributed by atoms with Gasteiger partial charge in [0.15, 0.2) is 0 Å². The summed E-state index contributed by atoms with van der Waals surface area (Å²) >= 11 is 0. The predicted molar refractivity (Wildman–Crippen MR) is 26.3 cm³/mol. The van der Waals surface area contributed by atoms with E-state index in [0.717, 1.165) is 0 Å². The number of halogens is 9. The summed E-state index contributed by atoms with van der Waals surface area (Å²) < 4.78 is 105. The van der Waals surface area contributed by atoms with Crippen molar-refractivity contribution in [2.75, 3.05) is 0 Å². The van der Waals surface area contributed by atoms with Crippen molar-refractivity contribution >= 4 is 0 Å². The maximum Gasteiger partial charge on any atom is 0.437 e. The van der Waals surface area contributed by atoms with Crippen LogP contribution in [-0.2, 0) is 0 Å². The first-order valence-corrected chi connectivity index (χ1v) is 2.80. The second-order valence-electron chi connectivity index (χ2n) is 2.36. The molecule has 0 N–H and O–H groups in total. The molecule has 0 aromatic heterocycles. The third-order valence-corrected chi connectivity index (χ3v) is 1.29. The topological polar surface area (TPSA) is 0 Å². The normalized spacial score (nSPS) is 15.9. The SMILES string of the molecule is [CH2]C(F)(F)C(F)(C(F)(F)F)C(F)(F)F. The zero-order chi connectivity index (χ0) is 12.0. The lowest BCUT2D eigenvalue weighted by Crippen LogP contribution is -2.63. The second kappa shape index (κ2) is 2.93. The van der Waals surface area contributed by atoms with Gasteiger partial charge in [-0.2, -0.15) is 26.3 Å². The van der Waals surface area contributed by atoms with E-state index in [9.17, 15) is 39.5 Å². The van der Waals surface area contributed by atoms with Crippen molar-refractivity contribution in [2.45, 2.75) is 23.9 Å². The van der Waals surface area contributed by atoms with E-state index in [1.54, 1.807) is 0 Å². The maximum atomic E-state index is 12.2. The van der Waals surface area contributed by atoms with Crippen molar-refractivity contribution in [1.82, 2.24) is 0 Å². The second-order valence-corrected chi connectivity index (χ2v) is 2.36. The summed E-state index contributed by atoms with van der Waals surface area (Å²) in [5, 5.41) is 0. The minimum Gasteiger partial charge on any atom is -0.217 e. The van der Waals surface area contributed by atoms with Gasteiger partial charge in [-0.1, -0.05) is 0 Å². The summed E-state index contributed by atoms with van der Waals surface area (Å²) in [6.45, 7) is 1.23. The van der Waals surface area contributed by atoms with Crippen LogP contribution in [0, 0.1) is 6.92 Å². The summed E-state index contributed by atoms with van der Waals surface area (Å²) in [5.74, 6) is -5.84. The molecule has 0 fully saturated rings. The Hall–Kier alpha value is -0.630. The Labute approximate surface area is 71.7 Å². The smallest absolute Gasteiger partial charge is 0.217 e. The van der Waals surface area contributed by atoms with Gasteiger partial charge < -0.3 is 0 Å². The van der Waals surface area contributed by atoms with Gasteiger partial charge in [-0.3, -0.25) is 0 Å². The molecule has 0 spiro atoms. The highest BCUT2D eigenvalue weighted by Gasteiger charge is 2.82. The van der Waals surface area contributed by atoms with Gasteiger partial charge in [0.25, 0.3) is 5.92 Å². The Morgan fingerprint density at radius 3 is 0.786 bits per heavy atom. The first-order valence-electron chi connectivity index (χ1n) is 2.80. The van der Waals surface area contributed by atoms with E-state index in [4.69, 9.17) is 0 Å². The van der Waals surface area contributed by atoms with Gasteiger partial charge in [-0.25, -0.2) is 13.2 Å². The highest BCUT2D eigenvalue weighted by atomic mass is 19.4. The van der Waals surface area contributed by atoms with E-state index in [0.29, 0.717) is 0 Å². The molecule has 0 aliphatic carbocycles. The first kappa shape index (κ1) is 13.4. The van der Waals surface area contributed by atoms with E-state index in [-0.39, 0.29) is 0 Å². The van der Waals surface area contributed by atoms with Crippen LogP contribution in [-0.4, -0.2) is 23.9 Å². The molecule has 0 aliphatic heterocycles. The first-order chi connectivity index (χ1) is 5.75. The molecule has 0 atom stereocenters. The molecule has 0 amide bonds. The fourth-order valence-corrected chi connectivity index (χ4v) is 0.575. The molecular formula is C5H2F9. The molecule has 0 aliphatic rings. The molecule has 85 valence electrons. The molecule has 0 nitrogen and oxygen atoms in total. The standard InChI is InChI=1S/C5H2F9/c1-2(6,7)3(8,4(9,10)11)5(12,13)14/h1H2. The fraction of sp³-hybridized carbons (Fsp3) is 0.800. The Balaban J connectivity index is 5.54. The van der Waals surface area contributed by atoms with E-state index >= 15 is 0 Å². The lowest BCUT2D eigenvalue weighted by atomic mass is 9.97. The van der Waals surface area contributed by atoms with Crippen molar-refractivity contribution in [2.24, 2.45) is 0 Å². The van der Waals surface area contributed by atoms with Gasteiger partial charge >= 0.3 is 18.0 Å². The predicted octanol–water partition coefficient (Wildman–Crippen LogP) is 3.29. The Bertz CT molecular complexity index is 167. The summed E-state index contributed by atoms with van der Waals surface area (Å²) in [7, 11) is 0. The quantitative estimate of drug-likeness (QED) is 0.609. The monoisotopic (exact) mass is 233 g/mol. The molecule has 0 bridgehead atoms.